The molecule has 16 heavy (non-hydrogen) atoms. The van der Waals surface area contributed by atoms with Crippen LogP contribution in [0.2, 0.25) is 0 Å². The van der Waals surface area contributed by atoms with E-state index in [1.165, 1.54) is 0 Å². The minimum absolute atomic E-state index is 0.641. The summed E-state index contributed by atoms with van der Waals surface area (Å²) in [7, 11) is 1.61. The molecule has 0 atom stereocenters. The lowest BCUT2D eigenvalue weighted by Crippen LogP contribution is -2.42. The fourth-order valence-electron chi connectivity index (χ4n) is 1.71. The van der Waals surface area contributed by atoms with Crippen molar-refractivity contribution in [2.24, 2.45) is 0 Å². The van der Waals surface area contributed by atoms with Gasteiger partial charge in [-0.05, 0) is 17.0 Å². The van der Waals surface area contributed by atoms with Gasteiger partial charge in [0.2, 0.25) is 0 Å². The van der Waals surface area contributed by atoms with E-state index in [-0.39, 0.29) is 0 Å². The number of hydrogen-bond acceptors (Lipinski definition) is 2. The van der Waals surface area contributed by atoms with Crippen molar-refractivity contribution >= 4 is 17.8 Å². The highest BCUT2D eigenvalue weighted by Gasteiger charge is 2.19. The van der Waals surface area contributed by atoms with Crippen LogP contribution < -0.4 is 15.7 Å². The number of para-hydroxylation sites is 1. The third-order valence-electron chi connectivity index (χ3n) is 2.55. The molecular formula is C13H13BO2. The van der Waals surface area contributed by atoms with Crippen LogP contribution in [0.4, 0.5) is 0 Å². The molecule has 0 saturated heterocycles. The van der Waals surface area contributed by atoms with Crippen LogP contribution in [0.15, 0.2) is 54.6 Å². The lowest BCUT2D eigenvalue weighted by atomic mass is 9.55. The molecule has 0 saturated carbocycles. The molecule has 1 N–H and O–H groups in total. The van der Waals surface area contributed by atoms with Gasteiger partial charge in [0.25, 0.3) is 0 Å². The quantitative estimate of drug-likeness (QED) is 0.762. The number of hydrogen-bond donors (Lipinski definition) is 1. The Hall–Kier alpha value is -1.74. The fraction of sp³-hybridized carbons (Fsp3) is 0.0769. The van der Waals surface area contributed by atoms with Gasteiger partial charge in [-0.2, -0.15) is 0 Å². The highest BCUT2D eigenvalue weighted by molar-refractivity contribution is 6.79. The zero-order valence-corrected chi connectivity index (χ0v) is 9.13. The SMILES string of the molecule is COc1ccccc1B(O)c1ccccc1. The molecule has 2 aromatic rings. The van der Waals surface area contributed by atoms with Gasteiger partial charge < -0.3 is 9.76 Å². The van der Waals surface area contributed by atoms with Crippen LogP contribution in [0.1, 0.15) is 0 Å². The first-order valence-electron chi connectivity index (χ1n) is 5.19. The average molecular weight is 212 g/mol. The fourth-order valence-corrected chi connectivity index (χ4v) is 1.71. The summed E-state index contributed by atoms with van der Waals surface area (Å²) in [6.07, 6.45) is 0. The summed E-state index contributed by atoms with van der Waals surface area (Å²) in [5, 5.41) is 10.2. The first-order valence-corrected chi connectivity index (χ1v) is 5.19. The summed E-state index contributed by atoms with van der Waals surface area (Å²) in [4.78, 5) is 0. The first kappa shape index (κ1) is 10.8. The molecule has 0 spiro atoms. The molecular weight excluding hydrogens is 199 g/mol. The van der Waals surface area contributed by atoms with E-state index in [2.05, 4.69) is 0 Å². The molecule has 3 heteroatoms. The average Bonchev–Trinajstić information content (AvgIpc) is 2.39. The molecule has 0 heterocycles. The highest BCUT2D eigenvalue weighted by atomic mass is 16.5. The van der Waals surface area contributed by atoms with Crippen LogP contribution in [0, 0.1) is 0 Å². The number of ether oxygens (including phenoxy) is 1. The van der Waals surface area contributed by atoms with Crippen molar-refractivity contribution in [3.05, 3.63) is 54.6 Å². The van der Waals surface area contributed by atoms with Crippen molar-refractivity contribution in [2.45, 2.75) is 0 Å². The minimum atomic E-state index is -0.641. The Morgan fingerprint density at radius 3 is 2.25 bits per heavy atom. The van der Waals surface area contributed by atoms with E-state index < -0.39 is 6.92 Å². The summed E-state index contributed by atoms with van der Waals surface area (Å²) in [5.74, 6) is 0.707. The molecule has 0 bridgehead atoms. The van der Waals surface area contributed by atoms with Crippen LogP contribution in [0.25, 0.3) is 0 Å². The van der Waals surface area contributed by atoms with Gasteiger partial charge in [0.05, 0.1) is 7.11 Å². The Morgan fingerprint density at radius 2 is 1.56 bits per heavy atom. The van der Waals surface area contributed by atoms with Crippen molar-refractivity contribution < 1.29 is 9.76 Å². The second kappa shape index (κ2) is 4.86. The number of rotatable bonds is 3. The van der Waals surface area contributed by atoms with Crippen LogP contribution in [0.3, 0.4) is 0 Å². The van der Waals surface area contributed by atoms with Gasteiger partial charge in [0.1, 0.15) is 5.75 Å². The maximum atomic E-state index is 10.2. The largest absolute Gasteiger partial charge is 0.497 e. The molecule has 2 aromatic carbocycles. The maximum Gasteiger partial charge on any atom is 0.362 e. The monoisotopic (exact) mass is 212 g/mol. The van der Waals surface area contributed by atoms with Gasteiger partial charge in [-0.15, -0.1) is 0 Å². The molecule has 0 aromatic heterocycles. The van der Waals surface area contributed by atoms with E-state index in [4.69, 9.17) is 4.74 Å². The third kappa shape index (κ3) is 2.09. The Kier molecular flexibility index (Phi) is 3.27. The molecule has 0 fully saturated rings. The van der Waals surface area contributed by atoms with Gasteiger partial charge in [-0.3, -0.25) is 0 Å². The molecule has 80 valence electrons. The van der Waals surface area contributed by atoms with Crippen LogP contribution >= 0.6 is 0 Å². The van der Waals surface area contributed by atoms with Gasteiger partial charge >= 0.3 is 6.92 Å². The van der Waals surface area contributed by atoms with E-state index >= 15 is 0 Å². The molecule has 2 rings (SSSR count). The highest BCUT2D eigenvalue weighted by Crippen LogP contribution is 2.06. The van der Waals surface area contributed by atoms with E-state index in [0.717, 1.165) is 10.9 Å². The molecule has 2 nitrogen and oxygen atoms in total. The topological polar surface area (TPSA) is 29.5 Å². The van der Waals surface area contributed by atoms with Gasteiger partial charge in [0, 0.05) is 0 Å². The molecule has 0 aliphatic heterocycles. The predicted octanol–water partition coefficient (Wildman–Crippen LogP) is 0.793. The van der Waals surface area contributed by atoms with Crippen LogP contribution in [-0.4, -0.2) is 19.0 Å². The van der Waals surface area contributed by atoms with Crippen molar-refractivity contribution in [3.63, 3.8) is 0 Å². The van der Waals surface area contributed by atoms with Gasteiger partial charge in [0.15, 0.2) is 0 Å². The second-order valence-electron chi connectivity index (χ2n) is 3.56. The molecule has 0 aliphatic rings. The Morgan fingerprint density at radius 1 is 0.938 bits per heavy atom. The normalized spacial score (nSPS) is 9.88. The zero-order chi connectivity index (χ0) is 11.4. The molecule has 0 unspecified atom stereocenters. The van der Waals surface area contributed by atoms with E-state index in [1.54, 1.807) is 7.11 Å². The van der Waals surface area contributed by atoms with Crippen LogP contribution in [0.5, 0.6) is 5.75 Å². The number of methoxy groups -OCH3 is 1. The predicted molar refractivity (Wildman–Crippen MR) is 66.7 cm³/mol. The van der Waals surface area contributed by atoms with Gasteiger partial charge in [-0.25, -0.2) is 0 Å². The minimum Gasteiger partial charge on any atom is -0.497 e. The zero-order valence-electron chi connectivity index (χ0n) is 9.13. The van der Waals surface area contributed by atoms with Crippen LogP contribution in [-0.2, 0) is 0 Å². The lowest BCUT2D eigenvalue weighted by molar-refractivity contribution is 0.417. The summed E-state index contributed by atoms with van der Waals surface area (Å²) < 4.78 is 5.23. The first-order chi connectivity index (χ1) is 7.83. The van der Waals surface area contributed by atoms with E-state index in [9.17, 15) is 5.02 Å². The Balaban J connectivity index is 2.37. The van der Waals surface area contributed by atoms with E-state index in [1.807, 2.05) is 54.6 Å². The Labute approximate surface area is 95.6 Å². The van der Waals surface area contributed by atoms with Crippen molar-refractivity contribution in [1.82, 2.24) is 0 Å². The molecule has 0 radical (unpaired) electrons. The summed E-state index contributed by atoms with van der Waals surface area (Å²) >= 11 is 0. The number of benzene rings is 2. The summed E-state index contributed by atoms with van der Waals surface area (Å²) in [6, 6.07) is 17.1. The smallest absolute Gasteiger partial charge is 0.362 e. The van der Waals surface area contributed by atoms with Crippen molar-refractivity contribution in [3.8, 4) is 5.75 Å². The lowest BCUT2D eigenvalue weighted by Gasteiger charge is -2.11. The molecule has 0 amide bonds. The second-order valence-corrected chi connectivity index (χ2v) is 3.56. The summed E-state index contributed by atoms with van der Waals surface area (Å²) in [6.45, 7) is -0.641. The van der Waals surface area contributed by atoms with Crippen molar-refractivity contribution in [2.75, 3.05) is 7.11 Å². The van der Waals surface area contributed by atoms with Crippen molar-refractivity contribution in [1.29, 1.82) is 0 Å². The van der Waals surface area contributed by atoms with E-state index in [0.29, 0.717) is 5.75 Å². The van der Waals surface area contributed by atoms with Gasteiger partial charge in [-0.1, -0.05) is 48.5 Å². The summed E-state index contributed by atoms with van der Waals surface area (Å²) in [5.41, 5.74) is 1.66. The Bertz CT molecular complexity index is 456. The maximum absolute atomic E-state index is 10.2. The molecule has 0 aliphatic carbocycles. The third-order valence-corrected chi connectivity index (χ3v) is 2.55. The standard InChI is InChI=1S/C13H13BO2/c1-16-13-10-6-5-9-12(13)14(15)11-7-3-2-4-8-11/h2-10,15H,1H3.